The van der Waals surface area contributed by atoms with Gasteiger partial charge >= 0.3 is 0 Å². The molecule has 2 aromatic heterocycles. The van der Waals surface area contributed by atoms with Crippen LogP contribution in [0.4, 0.5) is 0 Å². The van der Waals surface area contributed by atoms with Crippen LogP contribution in [0.3, 0.4) is 0 Å². The smallest absolute Gasteiger partial charge is 0.265 e. The molecule has 0 aromatic carbocycles. The molecular formula is C10H11N3O3. The highest BCUT2D eigenvalue weighted by molar-refractivity contribution is 6.06. The van der Waals surface area contributed by atoms with E-state index in [0.29, 0.717) is 5.76 Å². The molecule has 0 bridgehead atoms. The van der Waals surface area contributed by atoms with Crippen molar-refractivity contribution in [2.24, 2.45) is 7.05 Å². The summed E-state index contributed by atoms with van der Waals surface area (Å²) in [6.45, 7) is 1.63. The van der Waals surface area contributed by atoms with Crippen LogP contribution in [0, 0.1) is 6.92 Å². The number of aryl methyl sites for hydroxylation is 2. The molecule has 1 amide bonds. The predicted molar refractivity (Wildman–Crippen MR) is 57.4 cm³/mol. The van der Waals surface area contributed by atoms with Crippen LogP contribution in [0.15, 0.2) is 15.5 Å². The third kappa shape index (κ3) is 1.30. The molecule has 0 aliphatic carbocycles. The Labute approximate surface area is 90.9 Å². The molecule has 6 heteroatoms. The van der Waals surface area contributed by atoms with Crippen molar-refractivity contribution in [1.82, 2.24) is 14.9 Å². The Bertz CT molecular complexity index is 624. The van der Waals surface area contributed by atoms with Crippen LogP contribution >= 0.6 is 0 Å². The van der Waals surface area contributed by atoms with Gasteiger partial charge in [-0.25, -0.2) is 4.98 Å². The van der Waals surface area contributed by atoms with Crippen molar-refractivity contribution < 1.29 is 9.21 Å². The number of carbonyl (C=O) groups excluding carboxylic acids is 1. The van der Waals surface area contributed by atoms with E-state index in [1.165, 1.54) is 17.9 Å². The van der Waals surface area contributed by atoms with Crippen molar-refractivity contribution in [3.05, 3.63) is 28.0 Å². The predicted octanol–water partition coefficient (Wildman–Crippen LogP) is 0.195. The SMILES string of the molecule is CNC(=O)c1c(C)oc2ncn(C)c(=O)c12. The van der Waals surface area contributed by atoms with Crippen LogP contribution in [-0.2, 0) is 7.05 Å². The summed E-state index contributed by atoms with van der Waals surface area (Å²) >= 11 is 0. The Kier molecular flexibility index (Phi) is 2.26. The van der Waals surface area contributed by atoms with Crippen molar-refractivity contribution in [2.75, 3.05) is 7.05 Å². The number of hydrogen-bond donors (Lipinski definition) is 1. The number of nitrogens with one attached hydrogen (secondary N) is 1. The quantitative estimate of drug-likeness (QED) is 0.746. The monoisotopic (exact) mass is 221 g/mol. The maximum atomic E-state index is 11.9. The van der Waals surface area contributed by atoms with E-state index in [1.54, 1.807) is 14.0 Å². The fraction of sp³-hybridized carbons (Fsp3) is 0.300. The van der Waals surface area contributed by atoms with Crippen LogP contribution in [0.1, 0.15) is 16.1 Å². The number of fused-ring (bicyclic) bond motifs is 1. The average Bonchev–Trinajstić information content (AvgIpc) is 2.60. The summed E-state index contributed by atoms with van der Waals surface area (Å²) in [5, 5.41) is 2.70. The molecule has 0 fully saturated rings. The third-order valence-electron chi connectivity index (χ3n) is 2.40. The lowest BCUT2D eigenvalue weighted by atomic mass is 10.2. The second-order valence-electron chi connectivity index (χ2n) is 3.45. The molecule has 2 aromatic rings. The molecule has 6 nitrogen and oxygen atoms in total. The molecule has 0 aliphatic rings. The van der Waals surface area contributed by atoms with Crippen molar-refractivity contribution in [3.8, 4) is 0 Å². The van der Waals surface area contributed by atoms with Crippen molar-refractivity contribution >= 4 is 17.0 Å². The molecule has 0 radical (unpaired) electrons. The van der Waals surface area contributed by atoms with Gasteiger partial charge in [-0.05, 0) is 6.92 Å². The summed E-state index contributed by atoms with van der Waals surface area (Å²) in [7, 11) is 3.08. The number of hydrogen-bond acceptors (Lipinski definition) is 4. The van der Waals surface area contributed by atoms with E-state index < -0.39 is 0 Å². The van der Waals surface area contributed by atoms with Gasteiger partial charge in [-0.1, -0.05) is 0 Å². The second-order valence-corrected chi connectivity index (χ2v) is 3.45. The highest BCUT2D eigenvalue weighted by Gasteiger charge is 2.21. The van der Waals surface area contributed by atoms with Crippen molar-refractivity contribution in [2.45, 2.75) is 6.92 Å². The number of carbonyl (C=O) groups is 1. The number of rotatable bonds is 1. The zero-order chi connectivity index (χ0) is 11.9. The minimum Gasteiger partial charge on any atom is -0.442 e. The van der Waals surface area contributed by atoms with Crippen molar-refractivity contribution in [1.29, 1.82) is 0 Å². The van der Waals surface area contributed by atoms with Gasteiger partial charge in [0, 0.05) is 14.1 Å². The van der Waals surface area contributed by atoms with E-state index in [1.807, 2.05) is 0 Å². The minimum atomic E-state index is -0.346. The second kappa shape index (κ2) is 3.48. The molecule has 2 rings (SSSR count). The first-order valence-corrected chi connectivity index (χ1v) is 4.73. The van der Waals surface area contributed by atoms with Crippen LogP contribution in [-0.4, -0.2) is 22.5 Å². The number of furan rings is 1. The van der Waals surface area contributed by atoms with Gasteiger partial charge in [0.05, 0.1) is 5.56 Å². The normalized spacial score (nSPS) is 10.7. The Balaban J connectivity index is 2.92. The molecule has 84 valence electrons. The Morgan fingerprint density at radius 3 is 2.88 bits per heavy atom. The molecule has 16 heavy (non-hydrogen) atoms. The van der Waals surface area contributed by atoms with Gasteiger partial charge in [-0.15, -0.1) is 0 Å². The lowest BCUT2D eigenvalue weighted by molar-refractivity contribution is 0.0963. The first-order valence-electron chi connectivity index (χ1n) is 4.73. The van der Waals surface area contributed by atoms with Gasteiger partial charge in [-0.3, -0.25) is 9.59 Å². The molecule has 0 saturated carbocycles. The molecule has 1 N–H and O–H groups in total. The average molecular weight is 221 g/mol. The number of amides is 1. The molecule has 0 spiro atoms. The van der Waals surface area contributed by atoms with Crippen LogP contribution < -0.4 is 10.9 Å². The van der Waals surface area contributed by atoms with E-state index in [-0.39, 0.29) is 28.1 Å². The zero-order valence-electron chi connectivity index (χ0n) is 9.20. The third-order valence-corrected chi connectivity index (χ3v) is 2.40. The van der Waals surface area contributed by atoms with Gasteiger partial charge in [0.25, 0.3) is 11.5 Å². The molecule has 0 atom stereocenters. The molecule has 0 aliphatic heterocycles. The van der Waals surface area contributed by atoms with E-state index in [4.69, 9.17) is 4.42 Å². The van der Waals surface area contributed by atoms with Crippen LogP contribution in [0.25, 0.3) is 11.1 Å². The van der Waals surface area contributed by atoms with E-state index in [2.05, 4.69) is 10.3 Å². The summed E-state index contributed by atoms with van der Waals surface area (Å²) in [5.74, 6) is 0.0477. The molecule has 0 saturated heterocycles. The van der Waals surface area contributed by atoms with Crippen LogP contribution in [0.5, 0.6) is 0 Å². The molecule has 0 unspecified atom stereocenters. The Morgan fingerprint density at radius 2 is 2.25 bits per heavy atom. The van der Waals surface area contributed by atoms with Gasteiger partial charge in [0.1, 0.15) is 17.5 Å². The lowest BCUT2D eigenvalue weighted by Crippen LogP contribution is -2.23. The van der Waals surface area contributed by atoms with Gasteiger partial charge < -0.3 is 14.3 Å². The summed E-state index contributed by atoms with van der Waals surface area (Å²) in [5.41, 5.74) is 0.158. The van der Waals surface area contributed by atoms with E-state index in [0.717, 1.165) is 0 Å². The highest BCUT2D eigenvalue weighted by Crippen LogP contribution is 2.20. The lowest BCUT2D eigenvalue weighted by Gasteiger charge is -1.98. The summed E-state index contributed by atoms with van der Waals surface area (Å²) in [6.07, 6.45) is 1.36. The maximum Gasteiger partial charge on any atom is 0.265 e. The number of nitrogens with zero attached hydrogens (tertiary/aromatic N) is 2. The standard InChI is InChI=1S/C10H11N3O3/c1-5-6(8(14)11-2)7-9(16-5)12-4-13(3)10(7)15/h4H,1-3H3,(H,11,14). The molecular weight excluding hydrogens is 210 g/mol. The fourth-order valence-electron chi connectivity index (χ4n) is 1.59. The molecule has 2 heterocycles. The summed E-state index contributed by atoms with van der Waals surface area (Å²) in [6, 6.07) is 0. The van der Waals surface area contributed by atoms with Crippen molar-refractivity contribution in [3.63, 3.8) is 0 Å². The summed E-state index contributed by atoms with van der Waals surface area (Å²) < 4.78 is 6.58. The van der Waals surface area contributed by atoms with E-state index in [9.17, 15) is 9.59 Å². The highest BCUT2D eigenvalue weighted by atomic mass is 16.3. The van der Waals surface area contributed by atoms with Gasteiger partial charge in [0.15, 0.2) is 0 Å². The zero-order valence-corrected chi connectivity index (χ0v) is 9.20. The van der Waals surface area contributed by atoms with Gasteiger partial charge in [0.2, 0.25) is 5.71 Å². The Hall–Kier alpha value is -2.11. The largest absolute Gasteiger partial charge is 0.442 e. The first-order chi connectivity index (χ1) is 7.56. The maximum absolute atomic E-state index is 11.9. The minimum absolute atomic E-state index is 0.194. The first kappa shape index (κ1) is 10.4. The van der Waals surface area contributed by atoms with Gasteiger partial charge in [-0.2, -0.15) is 0 Å². The topological polar surface area (TPSA) is 77.1 Å². The van der Waals surface area contributed by atoms with E-state index >= 15 is 0 Å². The Morgan fingerprint density at radius 1 is 1.56 bits per heavy atom. The summed E-state index contributed by atoms with van der Waals surface area (Å²) in [4.78, 5) is 27.4. The van der Waals surface area contributed by atoms with Crippen LogP contribution in [0.2, 0.25) is 0 Å². The number of aromatic nitrogens is 2. The fourth-order valence-corrected chi connectivity index (χ4v) is 1.59.